The first-order valence-corrected chi connectivity index (χ1v) is 8.08. The van der Waals surface area contributed by atoms with E-state index in [2.05, 4.69) is 23.1 Å². The van der Waals surface area contributed by atoms with Crippen LogP contribution in [0.25, 0.3) is 0 Å². The van der Waals surface area contributed by atoms with Crippen LogP contribution in [0.3, 0.4) is 0 Å². The van der Waals surface area contributed by atoms with Crippen molar-refractivity contribution in [2.45, 2.75) is 25.4 Å². The van der Waals surface area contributed by atoms with E-state index in [0.29, 0.717) is 32.0 Å². The van der Waals surface area contributed by atoms with Gasteiger partial charge in [-0.15, -0.1) is 0 Å². The van der Waals surface area contributed by atoms with Gasteiger partial charge in [0, 0.05) is 19.6 Å². The molecule has 2 aliphatic rings. The van der Waals surface area contributed by atoms with Crippen LogP contribution in [-0.4, -0.2) is 48.0 Å². The van der Waals surface area contributed by atoms with Gasteiger partial charge in [-0.3, -0.25) is 9.69 Å². The van der Waals surface area contributed by atoms with Crippen LogP contribution in [0.15, 0.2) is 42.2 Å². The summed E-state index contributed by atoms with van der Waals surface area (Å²) in [6.07, 6.45) is 3.71. The molecule has 1 amide bonds. The number of nitrogens with zero attached hydrogens (tertiary/aromatic N) is 3. The zero-order valence-electron chi connectivity index (χ0n) is 13.1. The van der Waals surface area contributed by atoms with E-state index >= 15 is 0 Å². The molecular weight excluding hydrogens is 290 g/mol. The summed E-state index contributed by atoms with van der Waals surface area (Å²) in [5, 5.41) is 9.47. The van der Waals surface area contributed by atoms with E-state index < -0.39 is 0 Å². The fourth-order valence-corrected chi connectivity index (χ4v) is 3.00. The predicted octanol–water partition coefficient (Wildman–Crippen LogP) is 1.92. The molecule has 3 rings (SSSR count). The molecule has 1 fully saturated rings. The Morgan fingerprint density at radius 3 is 2.83 bits per heavy atom. The van der Waals surface area contributed by atoms with Crippen LogP contribution in [-0.2, 0) is 16.1 Å². The van der Waals surface area contributed by atoms with Crippen molar-refractivity contribution >= 4 is 5.91 Å². The number of hydrogen-bond acceptors (Lipinski definition) is 4. The van der Waals surface area contributed by atoms with Crippen LogP contribution in [0, 0.1) is 11.3 Å². The second-order valence-electron chi connectivity index (χ2n) is 5.91. The normalized spacial score (nSPS) is 22.0. The number of nitriles is 1. The first-order chi connectivity index (χ1) is 11.3. The fourth-order valence-electron chi connectivity index (χ4n) is 3.00. The van der Waals surface area contributed by atoms with E-state index in [1.54, 1.807) is 4.90 Å². The SMILES string of the molecule is N#CC1CN(C(=O)C2=CCCCO2)CCN1Cc1ccccc1. The first kappa shape index (κ1) is 15.6. The molecule has 1 aromatic rings. The third-order valence-corrected chi connectivity index (χ3v) is 4.30. The quantitative estimate of drug-likeness (QED) is 0.856. The lowest BCUT2D eigenvalue weighted by Gasteiger charge is -2.38. The van der Waals surface area contributed by atoms with Crippen LogP contribution in [0.5, 0.6) is 0 Å². The fraction of sp³-hybridized carbons (Fsp3) is 0.444. The summed E-state index contributed by atoms with van der Waals surface area (Å²) in [5.41, 5.74) is 1.19. The molecule has 1 aromatic carbocycles. The molecule has 120 valence electrons. The molecule has 2 aliphatic heterocycles. The summed E-state index contributed by atoms with van der Waals surface area (Å²) >= 11 is 0. The minimum Gasteiger partial charge on any atom is -0.488 e. The highest BCUT2D eigenvalue weighted by molar-refractivity contribution is 5.91. The molecule has 5 heteroatoms. The maximum atomic E-state index is 12.5. The van der Waals surface area contributed by atoms with Gasteiger partial charge >= 0.3 is 0 Å². The van der Waals surface area contributed by atoms with Gasteiger partial charge in [0.25, 0.3) is 5.91 Å². The van der Waals surface area contributed by atoms with Crippen LogP contribution in [0.1, 0.15) is 18.4 Å². The van der Waals surface area contributed by atoms with Crippen molar-refractivity contribution in [3.05, 3.63) is 47.7 Å². The van der Waals surface area contributed by atoms with E-state index in [1.165, 1.54) is 5.56 Å². The Morgan fingerprint density at radius 1 is 1.30 bits per heavy atom. The van der Waals surface area contributed by atoms with Gasteiger partial charge in [-0.25, -0.2) is 0 Å². The number of carbonyl (C=O) groups excluding carboxylic acids is 1. The van der Waals surface area contributed by atoms with Crippen LogP contribution < -0.4 is 0 Å². The summed E-state index contributed by atoms with van der Waals surface area (Å²) in [5.74, 6) is 0.369. The number of hydrogen-bond donors (Lipinski definition) is 0. The summed E-state index contributed by atoms with van der Waals surface area (Å²) < 4.78 is 5.46. The topological polar surface area (TPSA) is 56.6 Å². The Morgan fingerprint density at radius 2 is 2.13 bits per heavy atom. The molecule has 0 saturated carbocycles. The van der Waals surface area contributed by atoms with Gasteiger partial charge in [0.2, 0.25) is 0 Å². The molecule has 1 saturated heterocycles. The largest absolute Gasteiger partial charge is 0.488 e. The monoisotopic (exact) mass is 311 g/mol. The third-order valence-electron chi connectivity index (χ3n) is 4.30. The number of allylic oxidation sites excluding steroid dienone is 1. The highest BCUT2D eigenvalue weighted by Crippen LogP contribution is 2.18. The van der Waals surface area contributed by atoms with Crippen molar-refractivity contribution < 1.29 is 9.53 Å². The molecule has 0 radical (unpaired) electrons. The average molecular weight is 311 g/mol. The minimum absolute atomic E-state index is 0.0793. The van der Waals surface area contributed by atoms with E-state index in [1.807, 2.05) is 24.3 Å². The zero-order chi connectivity index (χ0) is 16.1. The number of amides is 1. The second-order valence-corrected chi connectivity index (χ2v) is 5.91. The van der Waals surface area contributed by atoms with Gasteiger partial charge < -0.3 is 9.64 Å². The van der Waals surface area contributed by atoms with Gasteiger partial charge in [0.1, 0.15) is 6.04 Å². The maximum Gasteiger partial charge on any atom is 0.288 e. The first-order valence-electron chi connectivity index (χ1n) is 8.08. The molecule has 0 aromatic heterocycles. The van der Waals surface area contributed by atoms with E-state index in [-0.39, 0.29) is 11.9 Å². The maximum absolute atomic E-state index is 12.5. The molecule has 5 nitrogen and oxygen atoms in total. The molecule has 0 N–H and O–H groups in total. The molecule has 2 heterocycles. The Balaban J connectivity index is 1.63. The number of ether oxygens (including phenoxy) is 1. The Labute approximate surface area is 136 Å². The molecule has 0 aliphatic carbocycles. The van der Waals surface area contributed by atoms with Gasteiger partial charge in [-0.05, 0) is 24.5 Å². The summed E-state index contributed by atoms with van der Waals surface area (Å²) in [6.45, 7) is 3.10. The number of rotatable bonds is 3. The Kier molecular flexibility index (Phi) is 4.94. The second kappa shape index (κ2) is 7.30. The minimum atomic E-state index is -0.280. The standard InChI is InChI=1S/C18H21N3O2/c19-12-16-14-21(18(22)17-8-4-5-11-23-17)10-9-20(16)13-15-6-2-1-3-7-15/h1-3,6-8,16H,4-5,9-11,13-14H2. The van der Waals surface area contributed by atoms with Crippen LogP contribution >= 0.6 is 0 Å². The molecule has 23 heavy (non-hydrogen) atoms. The molecule has 0 spiro atoms. The third kappa shape index (κ3) is 3.72. The van der Waals surface area contributed by atoms with Gasteiger partial charge in [-0.1, -0.05) is 30.3 Å². The number of piperazine rings is 1. The van der Waals surface area contributed by atoms with Crippen molar-refractivity contribution in [3.8, 4) is 6.07 Å². The molecule has 1 unspecified atom stereocenters. The Hall–Kier alpha value is -2.32. The lowest BCUT2D eigenvalue weighted by atomic mass is 10.1. The van der Waals surface area contributed by atoms with Gasteiger partial charge in [0.05, 0.1) is 19.2 Å². The van der Waals surface area contributed by atoms with Gasteiger partial charge in [-0.2, -0.15) is 5.26 Å². The molecule has 0 bridgehead atoms. The number of carbonyl (C=O) groups is 1. The van der Waals surface area contributed by atoms with Gasteiger partial charge in [0.15, 0.2) is 5.76 Å². The van der Waals surface area contributed by atoms with Crippen molar-refractivity contribution in [3.63, 3.8) is 0 Å². The summed E-state index contributed by atoms with van der Waals surface area (Å²) in [6, 6.07) is 12.2. The van der Waals surface area contributed by atoms with Crippen molar-refractivity contribution in [2.24, 2.45) is 0 Å². The Bertz CT molecular complexity index is 621. The van der Waals surface area contributed by atoms with Crippen LogP contribution in [0.4, 0.5) is 0 Å². The highest BCUT2D eigenvalue weighted by Gasteiger charge is 2.31. The smallest absolute Gasteiger partial charge is 0.288 e. The molecular formula is C18H21N3O2. The van der Waals surface area contributed by atoms with E-state index in [0.717, 1.165) is 19.4 Å². The summed E-state index contributed by atoms with van der Waals surface area (Å²) in [7, 11) is 0. The highest BCUT2D eigenvalue weighted by atomic mass is 16.5. The zero-order valence-corrected chi connectivity index (χ0v) is 13.1. The van der Waals surface area contributed by atoms with E-state index in [9.17, 15) is 10.1 Å². The predicted molar refractivity (Wildman–Crippen MR) is 86.1 cm³/mol. The summed E-state index contributed by atoms with van der Waals surface area (Å²) in [4.78, 5) is 16.4. The van der Waals surface area contributed by atoms with Crippen molar-refractivity contribution in [1.82, 2.24) is 9.80 Å². The lowest BCUT2D eigenvalue weighted by Crippen LogP contribution is -2.54. The van der Waals surface area contributed by atoms with Crippen molar-refractivity contribution in [1.29, 1.82) is 5.26 Å². The number of benzene rings is 1. The lowest BCUT2D eigenvalue weighted by molar-refractivity contribution is -0.133. The van der Waals surface area contributed by atoms with Crippen LogP contribution in [0.2, 0.25) is 0 Å². The van der Waals surface area contributed by atoms with Crippen molar-refractivity contribution in [2.75, 3.05) is 26.2 Å². The average Bonchev–Trinajstić information content (AvgIpc) is 2.63. The molecule has 1 atom stereocenters. The van der Waals surface area contributed by atoms with E-state index in [4.69, 9.17) is 4.74 Å².